The van der Waals surface area contributed by atoms with Gasteiger partial charge in [0.2, 0.25) is 0 Å². The van der Waals surface area contributed by atoms with E-state index in [1.165, 1.54) is 16.0 Å². The van der Waals surface area contributed by atoms with Gasteiger partial charge in [0, 0.05) is 31.1 Å². The fraction of sp³-hybridized carbons (Fsp3) is 0.476. The van der Waals surface area contributed by atoms with Gasteiger partial charge in [-0.3, -0.25) is 9.69 Å². The van der Waals surface area contributed by atoms with Gasteiger partial charge in [-0.25, -0.2) is 0 Å². The Hall–Kier alpha value is -1.85. The average molecular weight is 373 g/mol. The van der Waals surface area contributed by atoms with Crippen molar-refractivity contribution >= 4 is 17.2 Å². The van der Waals surface area contributed by atoms with E-state index in [0.29, 0.717) is 12.5 Å². The molecule has 1 amide bonds. The van der Waals surface area contributed by atoms with Crippen LogP contribution in [0.1, 0.15) is 42.2 Å². The van der Waals surface area contributed by atoms with Gasteiger partial charge in [-0.1, -0.05) is 32.0 Å². The number of nitrogens with one attached hydrogen (secondary N) is 1. The molecule has 5 heteroatoms. The third-order valence-corrected chi connectivity index (χ3v) is 6.08. The number of carbonyl (C=O) groups excluding carboxylic acids is 1. The quantitative estimate of drug-likeness (QED) is 0.766. The van der Waals surface area contributed by atoms with E-state index < -0.39 is 0 Å². The first-order valence-corrected chi connectivity index (χ1v) is 10.3. The number of hydrogen-bond acceptors (Lipinski definition) is 4. The predicted molar refractivity (Wildman–Crippen MR) is 107 cm³/mol. The highest BCUT2D eigenvalue weighted by atomic mass is 32.1. The molecule has 1 unspecified atom stereocenters. The number of hydrogen-bond donors (Lipinski definition) is 1. The van der Waals surface area contributed by atoms with E-state index in [1.807, 2.05) is 29.5 Å². The van der Waals surface area contributed by atoms with E-state index in [0.717, 1.165) is 38.2 Å². The molecule has 2 aromatic rings. The first-order valence-electron chi connectivity index (χ1n) is 9.43. The van der Waals surface area contributed by atoms with E-state index in [4.69, 9.17) is 4.74 Å². The Morgan fingerprint density at radius 2 is 2.19 bits per heavy atom. The Balaban J connectivity index is 1.40. The van der Waals surface area contributed by atoms with Crippen LogP contribution in [0.2, 0.25) is 0 Å². The number of carbonyl (C=O) groups is 1. The van der Waals surface area contributed by atoms with E-state index in [-0.39, 0.29) is 12.5 Å². The third kappa shape index (κ3) is 4.86. The van der Waals surface area contributed by atoms with Gasteiger partial charge in [-0.15, -0.1) is 11.3 Å². The molecular formula is C21H28N2O2S. The Morgan fingerprint density at radius 1 is 1.35 bits per heavy atom. The second-order valence-corrected chi connectivity index (χ2v) is 7.88. The van der Waals surface area contributed by atoms with Crippen LogP contribution < -0.4 is 10.1 Å². The lowest BCUT2D eigenvalue weighted by atomic mass is 9.98. The number of nitrogens with zero attached hydrogens (tertiary/aromatic N) is 1. The van der Waals surface area contributed by atoms with Crippen molar-refractivity contribution < 1.29 is 9.53 Å². The molecule has 1 aromatic carbocycles. The minimum absolute atomic E-state index is 0.0582. The molecular weight excluding hydrogens is 344 g/mol. The molecule has 0 saturated carbocycles. The van der Waals surface area contributed by atoms with Crippen LogP contribution in [-0.2, 0) is 17.8 Å². The molecule has 0 fully saturated rings. The van der Waals surface area contributed by atoms with Crippen molar-refractivity contribution in [1.82, 2.24) is 10.2 Å². The molecule has 0 bridgehead atoms. The first kappa shape index (κ1) is 18.9. The van der Waals surface area contributed by atoms with Gasteiger partial charge in [-0.2, -0.15) is 0 Å². The Bertz CT molecular complexity index is 728. The summed E-state index contributed by atoms with van der Waals surface area (Å²) < 4.78 is 5.78. The summed E-state index contributed by atoms with van der Waals surface area (Å²) in [5.41, 5.74) is 2.61. The van der Waals surface area contributed by atoms with Crippen LogP contribution in [-0.4, -0.2) is 37.0 Å². The van der Waals surface area contributed by atoms with Crippen LogP contribution in [0.15, 0.2) is 35.7 Å². The van der Waals surface area contributed by atoms with Crippen molar-refractivity contribution in [3.63, 3.8) is 0 Å². The smallest absolute Gasteiger partial charge is 0.257 e. The van der Waals surface area contributed by atoms with Crippen molar-refractivity contribution in [1.29, 1.82) is 0 Å². The topological polar surface area (TPSA) is 41.6 Å². The number of rotatable bonds is 8. The minimum Gasteiger partial charge on any atom is -0.483 e. The van der Waals surface area contributed by atoms with Crippen LogP contribution in [0, 0.1) is 0 Å². The first-order chi connectivity index (χ1) is 12.7. The normalized spacial score (nSPS) is 15.3. The summed E-state index contributed by atoms with van der Waals surface area (Å²) in [7, 11) is 0. The van der Waals surface area contributed by atoms with Crippen molar-refractivity contribution in [2.45, 2.75) is 39.2 Å². The van der Waals surface area contributed by atoms with Crippen molar-refractivity contribution in [3.05, 3.63) is 51.7 Å². The summed E-state index contributed by atoms with van der Waals surface area (Å²) in [6, 6.07) is 10.2. The van der Waals surface area contributed by atoms with Crippen LogP contribution in [0.25, 0.3) is 0 Å². The molecule has 0 aliphatic carbocycles. The van der Waals surface area contributed by atoms with Gasteiger partial charge < -0.3 is 10.1 Å². The lowest BCUT2D eigenvalue weighted by Gasteiger charge is -2.26. The van der Waals surface area contributed by atoms with E-state index >= 15 is 0 Å². The highest BCUT2D eigenvalue weighted by Gasteiger charge is 2.17. The molecule has 26 heavy (non-hydrogen) atoms. The van der Waals surface area contributed by atoms with Crippen LogP contribution in [0.4, 0.5) is 0 Å². The summed E-state index contributed by atoms with van der Waals surface area (Å²) >= 11 is 1.85. The molecule has 3 rings (SSSR count). The summed E-state index contributed by atoms with van der Waals surface area (Å²) in [5, 5.41) is 5.15. The molecule has 0 saturated heterocycles. The second-order valence-electron chi connectivity index (χ2n) is 6.88. The van der Waals surface area contributed by atoms with E-state index in [2.05, 4.69) is 41.6 Å². The molecule has 0 radical (unpaired) electrons. The largest absolute Gasteiger partial charge is 0.483 e. The summed E-state index contributed by atoms with van der Waals surface area (Å²) in [6.07, 6.45) is 2.17. The summed E-state index contributed by atoms with van der Waals surface area (Å²) in [4.78, 5) is 16.0. The molecule has 2 heterocycles. The molecule has 1 aliphatic heterocycles. The number of benzene rings is 1. The van der Waals surface area contributed by atoms with Crippen molar-refractivity contribution in [3.8, 4) is 5.75 Å². The van der Waals surface area contributed by atoms with Crippen LogP contribution in [0.5, 0.6) is 5.75 Å². The van der Waals surface area contributed by atoms with Gasteiger partial charge in [0.05, 0.1) is 0 Å². The van der Waals surface area contributed by atoms with Gasteiger partial charge in [-0.05, 0) is 47.4 Å². The van der Waals surface area contributed by atoms with Crippen molar-refractivity contribution in [2.75, 3.05) is 26.2 Å². The zero-order valence-electron chi connectivity index (χ0n) is 15.7. The molecule has 1 aromatic heterocycles. The van der Waals surface area contributed by atoms with Gasteiger partial charge in [0.15, 0.2) is 6.61 Å². The van der Waals surface area contributed by atoms with E-state index in [9.17, 15) is 4.79 Å². The highest BCUT2D eigenvalue weighted by molar-refractivity contribution is 7.10. The Morgan fingerprint density at radius 3 is 3.04 bits per heavy atom. The number of fused-ring (bicyclic) bond motifs is 1. The van der Waals surface area contributed by atoms with Gasteiger partial charge >= 0.3 is 0 Å². The molecule has 1 N–H and O–H groups in total. The highest BCUT2D eigenvalue weighted by Crippen LogP contribution is 2.28. The maximum Gasteiger partial charge on any atom is 0.257 e. The molecule has 4 nitrogen and oxygen atoms in total. The lowest BCUT2D eigenvalue weighted by molar-refractivity contribution is -0.123. The number of amides is 1. The van der Waals surface area contributed by atoms with Gasteiger partial charge in [0.1, 0.15) is 5.75 Å². The molecule has 1 atom stereocenters. The van der Waals surface area contributed by atoms with Crippen LogP contribution >= 0.6 is 11.3 Å². The molecule has 140 valence electrons. The Labute approximate surface area is 160 Å². The molecule has 1 aliphatic rings. The fourth-order valence-corrected chi connectivity index (χ4v) is 4.17. The maximum absolute atomic E-state index is 12.1. The summed E-state index contributed by atoms with van der Waals surface area (Å²) in [5.74, 6) is 1.19. The predicted octanol–water partition coefficient (Wildman–Crippen LogP) is 3.81. The number of thiophene rings is 1. The fourth-order valence-electron chi connectivity index (χ4n) is 3.28. The average Bonchev–Trinajstić information content (AvgIpc) is 3.14. The van der Waals surface area contributed by atoms with Crippen LogP contribution in [0.3, 0.4) is 0 Å². The minimum atomic E-state index is -0.0582. The standard InChI is InChI=1S/C21H28N2O2S/c1-3-16(2)18-6-4-5-7-19(18)25-15-21(24)22-10-12-23-11-8-20-17(14-23)9-13-26-20/h4-7,9,13,16H,3,8,10-12,14-15H2,1-2H3,(H,22,24). The molecule has 0 spiro atoms. The van der Waals surface area contributed by atoms with Gasteiger partial charge in [0.25, 0.3) is 5.91 Å². The third-order valence-electron chi connectivity index (χ3n) is 5.06. The summed E-state index contributed by atoms with van der Waals surface area (Å²) in [6.45, 7) is 8.02. The monoisotopic (exact) mass is 372 g/mol. The number of para-hydroxylation sites is 1. The SMILES string of the molecule is CCC(C)c1ccccc1OCC(=O)NCCN1CCc2sccc2C1. The lowest BCUT2D eigenvalue weighted by Crippen LogP contribution is -2.38. The second kappa shape index (κ2) is 9.19. The Kier molecular flexibility index (Phi) is 6.69. The zero-order chi connectivity index (χ0) is 18.4. The zero-order valence-corrected chi connectivity index (χ0v) is 16.5. The maximum atomic E-state index is 12.1. The van der Waals surface area contributed by atoms with E-state index in [1.54, 1.807) is 0 Å². The number of ether oxygens (including phenoxy) is 1. The van der Waals surface area contributed by atoms with Crippen molar-refractivity contribution in [2.24, 2.45) is 0 Å².